The second kappa shape index (κ2) is 7.51. The lowest BCUT2D eigenvalue weighted by Gasteiger charge is -2.19. The smallest absolute Gasteiger partial charge is 0.332 e. The van der Waals surface area contributed by atoms with Crippen LogP contribution in [0.1, 0.15) is 5.69 Å². The van der Waals surface area contributed by atoms with Crippen LogP contribution in [-0.4, -0.2) is 26.9 Å². The standard InChI is InChI=1S/C21H18N6O2/c1-14-11-12-15-7-6-10-17(18(15)24-14)25-20-19(27(28)29)21(23-13-22-20)26(2)16-8-4-3-5-9-16/h3-13H,1-2H3,(H,22,23,25). The summed E-state index contributed by atoms with van der Waals surface area (Å²) in [5, 5.41) is 15.9. The number of nitrogens with zero attached hydrogens (tertiary/aromatic N) is 5. The number of rotatable bonds is 5. The van der Waals surface area contributed by atoms with Crippen LogP contribution in [0.15, 0.2) is 67.0 Å². The van der Waals surface area contributed by atoms with Gasteiger partial charge in [-0.2, -0.15) is 0 Å². The number of aryl methyl sites for hydroxylation is 1. The molecule has 0 saturated heterocycles. The van der Waals surface area contributed by atoms with Gasteiger partial charge in [0.1, 0.15) is 6.33 Å². The van der Waals surface area contributed by atoms with Gasteiger partial charge in [-0.3, -0.25) is 15.1 Å². The van der Waals surface area contributed by atoms with Gasteiger partial charge in [0.2, 0.25) is 11.6 Å². The van der Waals surface area contributed by atoms with Crippen molar-refractivity contribution in [1.29, 1.82) is 0 Å². The number of para-hydroxylation sites is 2. The van der Waals surface area contributed by atoms with Crippen LogP contribution in [0.4, 0.5) is 28.7 Å². The molecule has 8 nitrogen and oxygen atoms in total. The average molecular weight is 386 g/mol. The molecule has 0 atom stereocenters. The van der Waals surface area contributed by atoms with Crippen LogP contribution in [0, 0.1) is 17.0 Å². The zero-order valence-corrected chi connectivity index (χ0v) is 15.9. The first-order valence-corrected chi connectivity index (χ1v) is 8.96. The molecule has 4 rings (SSSR count). The number of hydrogen-bond donors (Lipinski definition) is 1. The number of hydrogen-bond acceptors (Lipinski definition) is 7. The third-order valence-electron chi connectivity index (χ3n) is 4.56. The quantitative estimate of drug-likeness (QED) is 0.390. The molecule has 1 N–H and O–H groups in total. The highest BCUT2D eigenvalue weighted by molar-refractivity contribution is 5.93. The summed E-state index contributed by atoms with van der Waals surface area (Å²) in [6.45, 7) is 1.90. The molecule has 0 spiro atoms. The van der Waals surface area contributed by atoms with E-state index in [-0.39, 0.29) is 17.3 Å². The second-order valence-electron chi connectivity index (χ2n) is 6.50. The molecule has 0 aliphatic rings. The summed E-state index contributed by atoms with van der Waals surface area (Å²) in [7, 11) is 1.73. The lowest BCUT2D eigenvalue weighted by Crippen LogP contribution is -2.15. The third-order valence-corrected chi connectivity index (χ3v) is 4.56. The van der Waals surface area contributed by atoms with Gasteiger partial charge < -0.3 is 10.2 Å². The van der Waals surface area contributed by atoms with Gasteiger partial charge in [-0.15, -0.1) is 0 Å². The summed E-state index contributed by atoms with van der Waals surface area (Å²) < 4.78 is 0. The van der Waals surface area contributed by atoms with Gasteiger partial charge in [0.15, 0.2) is 0 Å². The van der Waals surface area contributed by atoms with E-state index in [0.29, 0.717) is 5.69 Å². The molecule has 144 valence electrons. The summed E-state index contributed by atoms with van der Waals surface area (Å²) in [4.78, 5) is 26.0. The number of nitrogens with one attached hydrogen (secondary N) is 1. The van der Waals surface area contributed by atoms with Gasteiger partial charge in [0, 0.05) is 23.8 Å². The Bertz CT molecular complexity index is 1200. The molecule has 0 saturated carbocycles. The van der Waals surface area contributed by atoms with E-state index in [1.165, 1.54) is 6.33 Å². The fraction of sp³-hybridized carbons (Fsp3) is 0.0952. The SMILES string of the molecule is Cc1ccc2cccc(Nc3ncnc(N(C)c4ccccc4)c3[N+](=O)[O-])c2n1. The van der Waals surface area contributed by atoms with Gasteiger partial charge in [-0.1, -0.05) is 36.4 Å². The number of fused-ring (bicyclic) bond motifs is 1. The summed E-state index contributed by atoms with van der Waals surface area (Å²) in [6, 6.07) is 18.8. The van der Waals surface area contributed by atoms with E-state index in [4.69, 9.17) is 0 Å². The van der Waals surface area contributed by atoms with Crippen molar-refractivity contribution in [2.45, 2.75) is 6.92 Å². The number of aromatic nitrogens is 3. The van der Waals surface area contributed by atoms with Crippen molar-refractivity contribution in [3.05, 3.63) is 82.8 Å². The zero-order chi connectivity index (χ0) is 20.4. The van der Waals surface area contributed by atoms with Gasteiger partial charge >= 0.3 is 5.69 Å². The van der Waals surface area contributed by atoms with E-state index < -0.39 is 4.92 Å². The Labute approximate surface area is 167 Å². The molecule has 0 unspecified atom stereocenters. The molecule has 0 amide bonds. The van der Waals surface area contributed by atoms with Crippen LogP contribution in [0.3, 0.4) is 0 Å². The largest absolute Gasteiger partial charge is 0.354 e. The molecular formula is C21H18N6O2. The Balaban J connectivity index is 1.82. The van der Waals surface area contributed by atoms with Gasteiger partial charge in [-0.05, 0) is 31.2 Å². The van der Waals surface area contributed by atoms with Gasteiger partial charge in [0.05, 0.1) is 16.1 Å². The van der Waals surface area contributed by atoms with Gasteiger partial charge in [0.25, 0.3) is 0 Å². The van der Waals surface area contributed by atoms with Crippen molar-refractivity contribution in [3.8, 4) is 0 Å². The van der Waals surface area contributed by atoms with E-state index in [9.17, 15) is 10.1 Å². The first kappa shape index (κ1) is 18.3. The molecule has 2 aromatic carbocycles. The second-order valence-corrected chi connectivity index (χ2v) is 6.50. The van der Waals surface area contributed by atoms with E-state index >= 15 is 0 Å². The first-order chi connectivity index (χ1) is 14.0. The highest BCUT2D eigenvalue weighted by Crippen LogP contribution is 2.36. The topological polar surface area (TPSA) is 97.1 Å². The number of anilines is 4. The predicted molar refractivity (Wildman–Crippen MR) is 113 cm³/mol. The molecule has 0 fully saturated rings. The van der Waals surface area contributed by atoms with E-state index in [0.717, 1.165) is 22.3 Å². The maximum atomic E-state index is 11.9. The number of pyridine rings is 1. The molecule has 29 heavy (non-hydrogen) atoms. The normalized spacial score (nSPS) is 10.7. The van der Waals surface area contributed by atoms with Crippen LogP contribution >= 0.6 is 0 Å². The lowest BCUT2D eigenvalue weighted by molar-refractivity contribution is -0.383. The molecule has 0 bridgehead atoms. The van der Waals surface area contributed by atoms with Crippen LogP contribution in [-0.2, 0) is 0 Å². The molecule has 8 heteroatoms. The van der Waals surface area contributed by atoms with Crippen molar-refractivity contribution in [2.75, 3.05) is 17.3 Å². The molecule has 0 aliphatic heterocycles. The molecule has 0 aliphatic carbocycles. The van der Waals surface area contributed by atoms with Crippen LogP contribution in [0.25, 0.3) is 10.9 Å². The summed E-state index contributed by atoms with van der Waals surface area (Å²) >= 11 is 0. The minimum Gasteiger partial charge on any atom is -0.332 e. The highest BCUT2D eigenvalue weighted by Gasteiger charge is 2.26. The monoisotopic (exact) mass is 386 g/mol. The Morgan fingerprint density at radius 2 is 1.79 bits per heavy atom. The molecular weight excluding hydrogens is 368 g/mol. The predicted octanol–water partition coefficient (Wildman–Crippen LogP) is 4.75. The first-order valence-electron chi connectivity index (χ1n) is 8.96. The Morgan fingerprint density at radius 1 is 1.00 bits per heavy atom. The van der Waals surface area contributed by atoms with Crippen molar-refractivity contribution in [2.24, 2.45) is 0 Å². The fourth-order valence-electron chi connectivity index (χ4n) is 3.12. The average Bonchev–Trinajstić information content (AvgIpc) is 2.74. The maximum Gasteiger partial charge on any atom is 0.354 e. The van der Waals surface area contributed by atoms with E-state index in [1.54, 1.807) is 11.9 Å². The van der Waals surface area contributed by atoms with Crippen molar-refractivity contribution in [1.82, 2.24) is 15.0 Å². The molecule has 2 aromatic heterocycles. The van der Waals surface area contributed by atoms with Crippen LogP contribution < -0.4 is 10.2 Å². The van der Waals surface area contributed by atoms with Crippen LogP contribution in [0.5, 0.6) is 0 Å². The Hall–Kier alpha value is -4.07. The van der Waals surface area contributed by atoms with Crippen LogP contribution in [0.2, 0.25) is 0 Å². The van der Waals surface area contributed by atoms with Crippen molar-refractivity contribution >= 4 is 39.6 Å². The summed E-state index contributed by atoms with van der Waals surface area (Å²) in [5.74, 6) is 0.307. The van der Waals surface area contributed by atoms with E-state index in [1.807, 2.05) is 67.6 Å². The molecule has 2 heterocycles. The Kier molecular flexibility index (Phi) is 4.74. The Morgan fingerprint density at radius 3 is 2.55 bits per heavy atom. The third kappa shape index (κ3) is 3.55. The van der Waals surface area contributed by atoms with Crippen molar-refractivity contribution in [3.63, 3.8) is 0 Å². The number of benzene rings is 2. The summed E-state index contributed by atoms with van der Waals surface area (Å²) in [5.41, 5.74) is 2.79. The zero-order valence-electron chi connectivity index (χ0n) is 15.9. The molecule has 4 aromatic rings. The van der Waals surface area contributed by atoms with Gasteiger partial charge in [-0.25, -0.2) is 9.97 Å². The fourth-order valence-corrected chi connectivity index (χ4v) is 3.12. The molecule has 0 radical (unpaired) electrons. The minimum atomic E-state index is -0.471. The summed E-state index contributed by atoms with van der Waals surface area (Å²) in [6.07, 6.45) is 1.31. The maximum absolute atomic E-state index is 11.9. The highest BCUT2D eigenvalue weighted by atomic mass is 16.6. The lowest BCUT2D eigenvalue weighted by atomic mass is 10.1. The number of nitro groups is 1. The van der Waals surface area contributed by atoms with E-state index in [2.05, 4.69) is 20.3 Å². The van der Waals surface area contributed by atoms with Crippen molar-refractivity contribution < 1.29 is 4.92 Å². The minimum absolute atomic E-state index is 0.110.